The Morgan fingerprint density at radius 1 is 2.00 bits per heavy atom. The highest BCUT2D eigenvalue weighted by Gasteiger charge is 1.82. The third kappa shape index (κ3) is 4.69. The Bertz CT molecular complexity index is 20.9. The van der Waals surface area contributed by atoms with Gasteiger partial charge in [-0.3, -0.25) is 0 Å². The van der Waals surface area contributed by atoms with Crippen molar-refractivity contribution in [2.75, 3.05) is 6.54 Å². The molecule has 0 bridgehead atoms. The molecule has 0 heterocycles. The van der Waals surface area contributed by atoms with Crippen LogP contribution in [-0.4, -0.2) is 10.5 Å². The lowest BCUT2D eigenvalue weighted by atomic mass is 10.5. The third-order valence-electron chi connectivity index (χ3n) is 0.325. The van der Waals surface area contributed by atoms with Crippen LogP contribution in [0, 0.1) is 0 Å². The van der Waals surface area contributed by atoms with Gasteiger partial charge < -0.3 is 5.73 Å². The van der Waals surface area contributed by atoms with Crippen LogP contribution in [0.3, 0.4) is 0 Å². The summed E-state index contributed by atoms with van der Waals surface area (Å²) >= 11 is 2.28. The van der Waals surface area contributed by atoms with E-state index in [1.165, 1.54) is 0 Å². The van der Waals surface area contributed by atoms with E-state index in [-0.39, 0.29) is 0 Å². The fraction of sp³-hybridized carbons (Fsp3) is 1.00. The fourth-order valence-electron chi connectivity index (χ4n) is 0. The van der Waals surface area contributed by atoms with E-state index in [9.17, 15) is 0 Å². The lowest BCUT2D eigenvalue weighted by molar-refractivity contribution is 0.984. The van der Waals surface area contributed by atoms with Gasteiger partial charge in [0.1, 0.15) is 0 Å². The Balaban J connectivity index is 2.54. The van der Waals surface area contributed by atoms with Crippen LogP contribution in [0.1, 0.15) is 6.92 Å². The van der Waals surface area contributed by atoms with Crippen molar-refractivity contribution >= 4 is 22.6 Å². The number of hydrogen-bond donors (Lipinski definition) is 1. The highest BCUT2D eigenvalue weighted by Crippen LogP contribution is 1.91. The van der Waals surface area contributed by atoms with Gasteiger partial charge in [-0.2, -0.15) is 0 Å². The topological polar surface area (TPSA) is 26.0 Å². The second-order valence-corrected chi connectivity index (χ2v) is 3.14. The van der Waals surface area contributed by atoms with Crippen molar-refractivity contribution < 1.29 is 0 Å². The number of nitrogens with two attached hydrogens (primary N) is 1. The van der Waals surface area contributed by atoms with Crippen LogP contribution in [0.4, 0.5) is 0 Å². The molecule has 0 fully saturated rings. The summed E-state index contributed by atoms with van der Waals surface area (Å²) in [6.45, 7) is 2.88. The number of rotatable bonds is 1. The second kappa shape index (κ2) is 2.90. The molecular weight excluding hydrogens is 177 g/mol. The molecule has 0 radical (unpaired) electrons. The Morgan fingerprint density at radius 2 is 2.20 bits per heavy atom. The molecule has 1 nitrogen and oxygen atoms in total. The monoisotopic (exact) mass is 185 g/mol. The first-order valence-electron chi connectivity index (χ1n) is 1.61. The largest absolute Gasteiger partial charge is 0.329 e. The maximum Gasteiger partial charge on any atom is 0.0204 e. The Morgan fingerprint density at radius 3 is 2.20 bits per heavy atom. The molecule has 2 N–H and O–H groups in total. The first-order valence-corrected chi connectivity index (χ1v) is 2.86. The molecule has 2 heteroatoms. The molecule has 0 saturated heterocycles. The molecule has 0 rings (SSSR count). The van der Waals surface area contributed by atoms with Crippen molar-refractivity contribution in [3.05, 3.63) is 0 Å². The predicted octanol–water partition coefficient (Wildman–Crippen LogP) is 0.769. The van der Waals surface area contributed by atoms with Crippen molar-refractivity contribution in [1.82, 2.24) is 0 Å². The van der Waals surface area contributed by atoms with E-state index in [2.05, 4.69) is 29.5 Å². The molecule has 5 heavy (non-hydrogen) atoms. The van der Waals surface area contributed by atoms with Gasteiger partial charge in [0.25, 0.3) is 0 Å². The minimum Gasteiger partial charge on any atom is -0.329 e. The highest BCUT2D eigenvalue weighted by atomic mass is 127. The Kier molecular flexibility index (Phi) is 3.30. The van der Waals surface area contributed by atoms with Gasteiger partial charge in [-0.25, -0.2) is 0 Å². The molecule has 0 saturated carbocycles. The SMILES string of the molecule is CC(I)CN. The van der Waals surface area contributed by atoms with Crippen LogP contribution >= 0.6 is 22.6 Å². The molecule has 1 atom stereocenters. The summed E-state index contributed by atoms with van der Waals surface area (Å²) in [6, 6.07) is 0. The summed E-state index contributed by atoms with van der Waals surface area (Å²) < 4.78 is 0.632. The normalized spacial score (nSPS) is 15.0. The van der Waals surface area contributed by atoms with E-state index in [1.807, 2.05) is 0 Å². The fourth-order valence-corrected chi connectivity index (χ4v) is 0. The zero-order valence-corrected chi connectivity index (χ0v) is 5.40. The van der Waals surface area contributed by atoms with Crippen LogP contribution in [0.25, 0.3) is 0 Å². The van der Waals surface area contributed by atoms with E-state index in [0.717, 1.165) is 6.54 Å². The van der Waals surface area contributed by atoms with Crippen LogP contribution in [0.5, 0.6) is 0 Å². The first kappa shape index (κ1) is 5.69. The molecule has 1 unspecified atom stereocenters. The van der Waals surface area contributed by atoms with Gasteiger partial charge in [-0.05, 0) is 0 Å². The van der Waals surface area contributed by atoms with Crippen LogP contribution in [0.2, 0.25) is 0 Å². The zero-order chi connectivity index (χ0) is 4.28. The quantitative estimate of drug-likeness (QED) is 0.473. The molecule has 0 amide bonds. The third-order valence-corrected chi connectivity index (χ3v) is 0.833. The van der Waals surface area contributed by atoms with Crippen LogP contribution in [-0.2, 0) is 0 Å². The van der Waals surface area contributed by atoms with Gasteiger partial charge in [0.15, 0.2) is 0 Å². The van der Waals surface area contributed by atoms with Crippen molar-refractivity contribution in [3.63, 3.8) is 0 Å². The molecule has 0 aliphatic carbocycles. The number of halogens is 1. The zero-order valence-electron chi connectivity index (χ0n) is 3.24. The maximum atomic E-state index is 5.16. The second-order valence-electron chi connectivity index (χ2n) is 1.02. The molecular formula is C3H8IN. The van der Waals surface area contributed by atoms with Crippen molar-refractivity contribution in [2.45, 2.75) is 10.8 Å². The summed E-state index contributed by atoms with van der Waals surface area (Å²) in [5.41, 5.74) is 5.16. The maximum absolute atomic E-state index is 5.16. The molecule has 0 aromatic rings. The highest BCUT2D eigenvalue weighted by molar-refractivity contribution is 14.1. The molecule has 32 valence electrons. The average Bonchev–Trinajstić information content (AvgIpc) is 1.38. The van der Waals surface area contributed by atoms with Gasteiger partial charge in [0.2, 0.25) is 0 Å². The van der Waals surface area contributed by atoms with E-state index < -0.39 is 0 Å². The van der Waals surface area contributed by atoms with Gasteiger partial charge in [0, 0.05) is 10.5 Å². The molecule has 0 aromatic carbocycles. The number of alkyl halides is 1. The molecule has 0 spiro atoms. The van der Waals surface area contributed by atoms with E-state index in [4.69, 9.17) is 5.73 Å². The van der Waals surface area contributed by atoms with E-state index in [1.54, 1.807) is 0 Å². The minimum absolute atomic E-state index is 0.632. The van der Waals surface area contributed by atoms with Gasteiger partial charge >= 0.3 is 0 Å². The average molecular weight is 185 g/mol. The van der Waals surface area contributed by atoms with E-state index >= 15 is 0 Å². The standard InChI is InChI=1S/C3H8IN/c1-3(4)2-5/h3H,2,5H2,1H3. The first-order chi connectivity index (χ1) is 2.27. The predicted molar refractivity (Wildman–Crippen MR) is 32.5 cm³/mol. The smallest absolute Gasteiger partial charge is 0.0204 e. The van der Waals surface area contributed by atoms with Gasteiger partial charge in [-0.1, -0.05) is 29.5 Å². The van der Waals surface area contributed by atoms with E-state index in [0.29, 0.717) is 3.92 Å². The van der Waals surface area contributed by atoms with Crippen molar-refractivity contribution in [2.24, 2.45) is 5.73 Å². The minimum atomic E-state index is 0.632. The lowest BCUT2D eigenvalue weighted by Crippen LogP contribution is -2.07. The summed E-state index contributed by atoms with van der Waals surface area (Å²) in [5, 5.41) is 0. The van der Waals surface area contributed by atoms with Crippen molar-refractivity contribution in [3.8, 4) is 0 Å². The molecule has 0 aromatic heterocycles. The Hall–Kier alpha value is 0.690. The molecule has 0 aliphatic heterocycles. The lowest BCUT2D eigenvalue weighted by Gasteiger charge is -1.88. The Labute approximate surface area is 46.1 Å². The van der Waals surface area contributed by atoms with Gasteiger partial charge in [-0.15, -0.1) is 0 Å². The summed E-state index contributed by atoms with van der Waals surface area (Å²) in [6.07, 6.45) is 0. The number of hydrogen-bond acceptors (Lipinski definition) is 1. The van der Waals surface area contributed by atoms with Crippen LogP contribution < -0.4 is 5.73 Å². The summed E-state index contributed by atoms with van der Waals surface area (Å²) in [4.78, 5) is 0. The summed E-state index contributed by atoms with van der Waals surface area (Å²) in [5.74, 6) is 0. The van der Waals surface area contributed by atoms with Gasteiger partial charge in [0.05, 0.1) is 0 Å². The summed E-state index contributed by atoms with van der Waals surface area (Å²) in [7, 11) is 0. The van der Waals surface area contributed by atoms with Crippen LogP contribution in [0.15, 0.2) is 0 Å². The molecule has 0 aliphatic rings. The van der Waals surface area contributed by atoms with Crippen molar-refractivity contribution in [1.29, 1.82) is 0 Å².